The normalized spacial score (nSPS) is 12.6. The van der Waals surface area contributed by atoms with Crippen molar-refractivity contribution in [3.63, 3.8) is 0 Å². The molecule has 4 aromatic carbocycles. The Morgan fingerprint density at radius 3 is 1.20 bits per heavy atom. The third kappa shape index (κ3) is 7.35. The third-order valence-electron chi connectivity index (χ3n) is 8.80. The second-order valence-electron chi connectivity index (χ2n) is 14.8. The lowest BCUT2D eigenvalue weighted by atomic mass is 9.69. The van der Waals surface area contributed by atoms with Crippen LogP contribution >= 0.6 is 0 Å². The molecule has 46 heavy (non-hydrogen) atoms. The molecule has 0 aliphatic heterocycles. The summed E-state index contributed by atoms with van der Waals surface area (Å²) in [7, 11) is 0. The maximum Gasteiger partial charge on any atom is 0.0346 e. The van der Waals surface area contributed by atoms with Crippen molar-refractivity contribution in [1.82, 2.24) is 9.97 Å². The van der Waals surface area contributed by atoms with Gasteiger partial charge in [0, 0.05) is 35.9 Å². The quantitative estimate of drug-likeness (QED) is 0.182. The topological polar surface area (TPSA) is 25.8 Å². The number of hydrogen-bond donors (Lipinski definition) is 0. The van der Waals surface area contributed by atoms with Crippen LogP contribution in [0.5, 0.6) is 0 Å². The average molecular weight is 601 g/mol. The van der Waals surface area contributed by atoms with Crippen molar-refractivity contribution in [3.05, 3.63) is 146 Å². The van der Waals surface area contributed by atoms with E-state index in [1.165, 1.54) is 38.9 Å². The Hall–Kier alpha value is -4.82. The van der Waals surface area contributed by atoms with Crippen LogP contribution in [0.4, 0.5) is 0 Å². The highest BCUT2D eigenvalue weighted by molar-refractivity contribution is 5.84. The minimum atomic E-state index is 0.151. The largest absolute Gasteiger partial charge is 0.264 e. The number of hydrogen-bond acceptors (Lipinski definition) is 2. The molecule has 2 heteroatoms. The van der Waals surface area contributed by atoms with Gasteiger partial charge in [0.2, 0.25) is 0 Å². The van der Waals surface area contributed by atoms with Crippen LogP contribution in [0.25, 0.3) is 55.6 Å². The van der Waals surface area contributed by atoms with E-state index in [-0.39, 0.29) is 10.8 Å². The summed E-state index contributed by atoms with van der Waals surface area (Å²) in [5.74, 6) is 0.447. The highest BCUT2D eigenvalue weighted by Gasteiger charge is 2.30. The van der Waals surface area contributed by atoms with Gasteiger partial charge in [-0.1, -0.05) is 114 Å². The fourth-order valence-corrected chi connectivity index (χ4v) is 6.42. The monoisotopic (exact) mass is 600 g/mol. The van der Waals surface area contributed by atoms with E-state index in [0.29, 0.717) is 5.92 Å². The molecule has 0 saturated heterocycles. The van der Waals surface area contributed by atoms with Gasteiger partial charge in [0.05, 0.1) is 0 Å². The first-order valence-electron chi connectivity index (χ1n) is 16.3. The zero-order chi connectivity index (χ0) is 32.3. The van der Waals surface area contributed by atoms with Crippen LogP contribution in [0.15, 0.2) is 140 Å². The van der Waals surface area contributed by atoms with Crippen molar-refractivity contribution in [3.8, 4) is 55.6 Å². The lowest BCUT2D eigenvalue weighted by Gasteiger charge is -2.36. The summed E-state index contributed by atoms with van der Waals surface area (Å²) in [5.41, 5.74) is 13.6. The first-order chi connectivity index (χ1) is 22.0. The molecule has 0 N–H and O–H groups in total. The van der Waals surface area contributed by atoms with Gasteiger partial charge in [-0.05, 0) is 116 Å². The van der Waals surface area contributed by atoms with Gasteiger partial charge in [-0.2, -0.15) is 0 Å². The predicted molar refractivity (Wildman–Crippen MR) is 195 cm³/mol. The smallest absolute Gasteiger partial charge is 0.0346 e. The SMILES string of the molecule is CC(C)(C)CC(c1cccc(-c2cc(-c3cccc(-c4cccnc4)c3)cc(-c3cccc(-c4cccnc4)c3)c2)c1)C(C)(C)C. The van der Waals surface area contributed by atoms with Crippen LogP contribution in [0.1, 0.15) is 59.4 Å². The van der Waals surface area contributed by atoms with E-state index < -0.39 is 0 Å². The van der Waals surface area contributed by atoms with Gasteiger partial charge < -0.3 is 0 Å². The first kappa shape index (κ1) is 31.2. The summed E-state index contributed by atoms with van der Waals surface area (Å²) in [6, 6.07) is 42.1. The number of pyridine rings is 2. The van der Waals surface area contributed by atoms with Gasteiger partial charge in [0.25, 0.3) is 0 Å². The van der Waals surface area contributed by atoms with E-state index in [1.54, 1.807) is 0 Å². The van der Waals surface area contributed by atoms with Crippen molar-refractivity contribution in [1.29, 1.82) is 0 Å². The van der Waals surface area contributed by atoms with Gasteiger partial charge in [-0.3, -0.25) is 9.97 Å². The zero-order valence-corrected chi connectivity index (χ0v) is 28.0. The van der Waals surface area contributed by atoms with Crippen molar-refractivity contribution in [2.24, 2.45) is 10.8 Å². The maximum absolute atomic E-state index is 4.36. The molecule has 2 aromatic heterocycles. The summed E-state index contributed by atoms with van der Waals surface area (Å²) in [6.45, 7) is 14.2. The molecule has 1 atom stereocenters. The molecule has 0 saturated carbocycles. The van der Waals surface area contributed by atoms with E-state index in [4.69, 9.17) is 0 Å². The third-order valence-corrected chi connectivity index (χ3v) is 8.80. The van der Waals surface area contributed by atoms with E-state index in [9.17, 15) is 0 Å². The second kappa shape index (κ2) is 12.9. The van der Waals surface area contributed by atoms with Gasteiger partial charge in [-0.25, -0.2) is 0 Å². The number of rotatable bonds is 7. The lowest BCUT2D eigenvalue weighted by molar-refractivity contribution is 0.229. The van der Waals surface area contributed by atoms with Crippen LogP contribution in [0.2, 0.25) is 0 Å². The molecule has 230 valence electrons. The Balaban J connectivity index is 1.50. The molecule has 6 aromatic rings. The standard InChI is InChI=1S/C44H44N2/c1-43(2,3)28-42(44(4,5)6)36-17-9-16-35(24-36)41-26-39(33-14-7-12-31(22-33)37-18-10-20-45-29-37)25-40(27-41)34-15-8-13-32(23-34)38-19-11-21-46-30-38/h7-27,29-30,42H,28H2,1-6H3. The Bertz CT molecular complexity index is 1820. The van der Waals surface area contributed by atoms with Crippen molar-refractivity contribution in [2.75, 3.05) is 0 Å². The second-order valence-corrected chi connectivity index (χ2v) is 14.8. The molecule has 0 aliphatic rings. The van der Waals surface area contributed by atoms with E-state index in [1.807, 2.05) is 36.9 Å². The van der Waals surface area contributed by atoms with Gasteiger partial charge in [0.1, 0.15) is 0 Å². The summed E-state index contributed by atoms with van der Waals surface area (Å²) >= 11 is 0. The summed E-state index contributed by atoms with van der Waals surface area (Å²) in [4.78, 5) is 8.72. The zero-order valence-electron chi connectivity index (χ0n) is 28.0. The average Bonchev–Trinajstić information content (AvgIpc) is 3.07. The minimum Gasteiger partial charge on any atom is -0.264 e. The molecule has 0 spiro atoms. The fraction of sp³-hybridized carbons (Fsp3) is 0.227. The van der Waals surface area contributed by atoms with Crippen LogP contribution in [-0.4, -0.2) is 9.97 Å². The molecule has 2 nitrogen and oxygen atoms in total. The molecule has 0 fully saturated rings. The summed E-state index contributed by atoms with van der Waals surface area (Å²) in [5, 5.41) is 0. The fourth-order valence-electron chi connectivity index (χ4n) is 6.42. The summed E-state index contributed by atoms with van der Waals surface area (Å²) in [6.07, 6.45) is 8.64. The molecular weight excluding hydrogens is 556 g/mol. The molecule has 0 aliphatic carbocycles. The highest BCUT2D eigenvalue weighted by Crippen LogP contribution is 2.44. The maximum atomic E-state index is 4.36. The number of nitrogens with zero attached hydrogens (tertiary/aromatic N) is 2. The van der Waals surface area contributed by atoms with Crippen LogP contribution in [-0.2, 0) is 0 Å². The Morgan fingerprint density at radius 2 is 0.804 bits per heavy atom. The van der Waals surface area contributed by atoms with Crippen molar-refractivity contribution < 1.29 is 0 Å². The molecule has 6 rings (SSSR count). The number of aromatic nitrogens is 2. The Labute approximate surface area is 275 Å². The molecule has 0 radical (unpaired) electrons. The molecule has 0 bridgehead atoms. The first-order valence-corrected chi connectivity index (χ1v) is 16.3. The molecule has 2 heterocycles. The Morgan fingerprint density at radius 1 is 0.435 bits per heavy atom. The molecule has 0 amide bonds. The van der Waals surface area contributed by atoms with E-state index in [0.717, 1.165) is 28.7 Å². The van der Waals surface area contributed by atoms with Gasteiger partial charge in [0.15, 0.2) is 0 Å². The van der Waals surface area contributed by atoms with Gasteiger partial charge >= 0.3 is 0 Å². The van der Waals surface area contributed by atoms with Crippen LogP contribution in [0, 0.1) is 10.8 Å². The lowest BCUT2D eigenvalue weighted by Crippen LogP contribution is -2.23. The highest BCUT2D eigenvalue weighted by atomic mass is 14.6. The molecule has 1 unspecified atom stereocenters. The molecular formula is C44H44N2. The number of benzene rings is 4. The van der Waals surface area contributed by atoms with Crippen molar-refractivity contribution in [2.45, 2.75) is 53.9 Å². The van der Waals surface area contributed by atoms with Crippen LogP contribution in [0.3, 0.4) is 0 Å². The Kier molecular flexibility index (Phi) is 8.73. The summed E-state index contributed by atoms with van der Waals surface area (Å²) < 4.78 is 0. The van der Waals surface area contributed by atoms with Crippen molar-refractivity contribution >= 4 is 0 Å². The minimum absolute atomic E-state index is 0.151. The van der Waals surface area contributed by atoms with E-state index >= 15 is 0 Å². The van der Waals surface area contributed by atoms with Gasteiger partial charge in [-0.15, -0.1) is 0 Å². The predicted octanol–water partition coefficient (Wildman–Crippen LogP) is 12.4. The van der Waals surface area contributed by atoms with E-state index in [2.05, 4.69) is 155 Å². The van der Waals surface area contributed by atoms with Crippen LogP contribution < -0.4 is 0 Å².